The highest BCUT2D eigenvalue weighted by Gasteiger charge is 2.68. The first-order valence-electron chi connectivity index (χ1n) is 10.8. The van der Waals surface area contributed by atoms with Gasteiger partial charge in [-0.25, -0.2) is 0 Å². The summed E-state index contributed by atoms with van der Waals surface area (Å²) in [7, 11) is 1.76. The van der Waals surface area contributed by atoms with Crippen molar-refractivity contribution in [2.24, 2.45) is 0 Å². The molecule has 1 fully saturated rings. The van der Waals surface area contributed by atoms with Gasteiger partial charge in [0.05, 0.1) is 5.92 Å². The van der Waals surface area contributed by atoms with Gasteiger partial charge in [-0.1, -0.05) is 65.7 Å². The fraction of sp³-hybridized carbons (Fsp3) is 0.240. The van der Waals surface area contributed by atoms with E-state index in [1.807, 2.05) is 18.2 Å². The molecule has 1 amide bonds. The van der Waals surface area contributed by atoms with Crippen LogP contribution in [0, 0.1) is 10.1 Å². The summed E-state index contributed by atoms with van der Waals surface area (Å²) in [4.78, 5) is 27.3. The molecule has 0 aliphatic carbocycles. The molecular formula is C25H21Cl2N3O4. The van der Waals surface area contributed by atoms with Crippen LogP contribution in [0.4, 0.5) is 5.69 Å². The molecule has 1 N–H and O–H groups in total. The third kappa shape index (κ3) is 3.43. The highest BCUT2D eigenvalue weighted by molar-refractivity contribution is 6.35. The predicted octanol–water partition coefficient (Wildman–Crippen LogP) is 5.09. The van der Waals surface area contributed by atoms with E-state index >= 15 is 0 Å². The molecule has 2 aliphatic rings. The first kappa shape index (κ1) is 22.7. The lowest BCUT2D eigenvalue weighted by Gasteiger charge is -2.30. The zero-order valence-corrected chi connectivity index (χ0v) is 19.7. The largest absolute Gasteiger partial charge is 0.489 e. The lowest BCUT2D eigenvalue weighted by atomic mass is 9.79. The molecule has 0 bridgehead atoms. The number of likely N-dealkylation sites (tertiary alicyclic amines) is 1. The fourth-order valence-electron chi connectivity index (χ4n) is 5.27. The van der Waals surface area contributed by atoms with Crippen LogP contribution in [0.3, 0.4) is 0 Å². The number of hydrogen-bond donors (Lipinski definition) is 1. The van der Waals surface area contributed by atoms with E-state index < -0.39 is 17.5 Å². The van der Waals surface area contributed by atoms with Crippen molar-refractivity contribution in [2.45, 2.75) is 24.1 Å². The number of nitrogens with one attached hydrogen (secondary N) is 1. The smallest absolute Gasteiger partial charge is 0.256 e. The summed E-state index contributed by atoms with van der Waals surface area (Å²) in [5.74, 6) is -0.442. The van der Waals surface area contributed by atoms with Crippen molar-refractivity contribution >= 4 is 34.8 Å². The normalized spacial score (nSPS) is 23.7. The number of nitro groups is 1. The van der Waals surface area contributed by atoms with Crippen LogP contribution in [0.15, 0.2) is 66.7 Å². The van der Waals surface area contributed by atoms with Crippen LogP contribution in [0.1, 0.15) is 22.6 Å². The van der Waals surface area contributed by atoms with E-state index in [2.05, 4.69) is 5.32 Å². The van der Waals surface area contributed by atoms with E-state index in [1.54, 1.807) is 60.5 Å². The molecule has 1 saturated heterocycles. The van der Waals surface area contributed by atoms with E-state index in [9.17, 15) is 14.9 Å². The Bertz CT molecular complexity index is 1300. The van der Waals surface area contributed by atoms with E-state index in [0.29, 0.717) is 39.2 Å². The van der Waals surface area contributed by atoms with Crippen molar-refractivity contribution in [2.75, 3.05) is 18.9 Å². The molecule has 1 spiro atoms. The maximum absolute atomic E-state index is 13.3. The number of carbonyl (C=O) groups is 1. The van der Waals surface area contributed by atoms with E-state index in [-0.39, 0.29) is 17.4 Å². The quantitative estimate of drug-likeness (QED) is 0.391. The molecule has 174 valence electrons. The van der Waals surface area contributed by atoms with E-state index in [1.165, 1.54) is 0 Å². The number of carbonyl (C=O) groups excluding carboxylic acids is 1. The summed E-state index contributed by atoms with van der Waals surface area (Å²) < 4.78 is 6.10. The molecule has 5 rings (SSSR count). The van der Waals surface area contributed by atoms with E-state index in [4.69, 9.17) is 27.9 Å². The molecule has 2 aliphatic heterocycles. The summed E-state index contributed by atoms with van der Waals surface area (Å²) in [6.45, 7) is 0.489. The van der Waals surface area contributed by atoms with Crippen LogP contribution in [0.5, 0.6) is 5.75 Å². The second-order valence-corrected chi connectivity index (χ2v) is 9.39. The minimum absolute atomic E-state index is 0.174. The molecule has 3 aromatic rings. The number of rotatable bonds is 5. The Kier molecular flexibility index (Phi) is 5.72. The van der Waals surface area contributed by atoms with Crippen molar-refractivity contribution in [1.82, 2.24) is 4.90 Å². The van der Waals surface area contributed by atoms with E-state index in [0.717, 1.165) is 5.56 Å². The van der Waals surface area contributed by atoms with Gasteiger partial charge in [0.2, 0.25) is 0 Å². The number of para-hydroxylation sites is 2. The first-order chi connectivity index (χ1) is 16.3. The monoisotopic (exact) mass is 497 g/mol. The van der Waals surface area contributed by atoms with Gasteiger partial charge in [-0.15, -0.1) is 0 Å². The van der Waals surface area contributed by atoms with Gasteiger partial charge < -0.3 is 10.1 Å². The number of halogens is 2. The Hall–Kier alpha value is -3.13. The zero-order chi connectivity index (χ0) is 24.0. The van der Waals surface area contributed by atoms with Gasteiger partial charge >= 0.3 is 0 Å². The van der Waals surface area contributed by atoms with Crippen LogP contribution in [-0.4, -0.2) is 35.4 Å². The lowest BCUT2D eigenvalue weighted by Crippen LogP contribution is -2.54. The summed E-state index contributed by atoms with van der Waals surface area (Å²) in [5, 5.41) is 16.4. The van der Waals surface area contributed by atoms with Crippen molar-refractivity contribution in [3.05, 3.63) is 104 Å². The molecule has 3 aromatic carbocycles. The molecule has 2 heterocycles. The molecular weight excluding hydrogens is 477 g/mol. The van der Waals surface area contributed by atoms with Crippen molar-refractivity contribution in [3.8, 4) is 5.75 Å². The second kappa shape index (κ2) is 8.58. The Balaban J connectivity index is 1.54. The first-order valence-corrected chi connectivity index (χ1v) is 11.5. The summed E-state index contributed by atoms with van der Waals surface area (Å²) in [6.07, 6.45) is 0. The summed E-state index contributed by atoms with van der Waals surface area (Å²) >= 11 is 12.3. The molecule has 9 heteroatoms. The fourth-order valence-corrected chi connectivity index (χ4v) is 5.74. The number of benzene rings is 3. The van der Waals surface area contributed by atoms with Crippen LogP contribution in [0.2, 0.25) is 10.0 Å². The maximum atomic E-state index is 13.3. The van der Waals surface area contributed by atoms with Gasteiger partial charge in [0.1, 0.15) is 12.4 Å². The van der Waals surface area contributed by atoms with Crippen molar-refractivity contribution in [1.29, 1.82) is 0 Å². The van der Waals surface area contributed by atoms with Crippen molar-refractivity contribution in [3.63, 3.8) is 0 Å². The van der Waals surface area contributed by atoms with Gasteiger partial charge in [0.15, 0.2) is 5.54 Å². The van der Waals surface area contributed by atoms with Gasteiger partial charge in [0, 0.05) is 43.9 Å². The molecule has 34 heavy (non-hydrogen) atoms. The predicted molar refractivity (Wildman–Crippen MR) is 130 cm³/mol. The molecule has 7 nitrogen and oxygen atoms in total. The number of nitrogens with zero attached hydrogens (tertiary/aromatic N) is 2. The Morgan fingerprint density at radius 3 is 2.65 bits per heavy atom. The number of likely N-dealkylation sites (N-methyl/N-ethyl adjacent to an activating group) is 1. The molecule has 0 radical (unpaired) electrons. The van der Waals surface area contributed by atoms with Crippen LogP contribution in [0.25, 0.3) is 0 Å². The van der Waals surface area contributed by atoms with Crippen LogP contribution in [-0.2, 0) is 16.9 Å². The van der Waals surface area contributed by atoms with Crippen LogP contribution >= 0.6 is 23.2 Å². The molecule has 0 saturated carbocycles. The van der Waals surface area contributed by atoms with Gasteiger partial charge in [-0.2, -0.15) is 0 Å². The maximum Gasteiger partial charge on any atom is 0.256 e. The zero-order valence-electron chi connectivity index (χ0n) is 18.2. The molecule has 0 aromatic heterocycles. The summed E-state index contributed by atoms with van der Waals surface area (Å²) in [6, 6.07) is 18.3. The van der Waals surface area contributed by atoms with Gasteiger partial charge in [-0.05, 0) is 31.3 Å². The number of anilines is 1. The number of hydrogen-bond acceptors (Lipinski definition) is 5. The van der Waals surface area contributed by atoms with Crippen molar-refractivity contribution < 1.29 is 14.5 Å². The second-order valence-electron chi connectivity index (χ2n) is 8.55. The third-order valence-electron chi connectivity index (χ3n) is 6.76. The highest BCUT2D eigenvalue weighted by atomic mass is 35.5. The average Bonchev–Trinajstić information content (AvgIpc) is 3.28. The highest BCUT2D eigenvalue weighted by Crippen LogP contribution is 2.53. The molecule has 3 atom stereocenters. The standard InChI is InChI=1S/C25H21Cl2N3O4/c1-29-13-18(23(30(32)33)25(29)19-7-3-4-8-21(19)28-24(25)31)17-6-2-5-9-22(17)34-14-15-10-11-16(26)12-20(15)27/h2-12,18,23H,13-14H2,1H3,(H,28,31)/t18-,23-,25+/m1/s1. The van der Waals surface area contributed by atoms with Crippen LogP contribution < -0.4 is 10.1 Å². The lowest BCUT2D eigenvalue weighted by molar-refractivity contribution is -0.534. The summed E-state index contributed by atoms with van der Waals surface area (Å²) in [5.41, 5.74) is 1.25. The minimum Gasteiger partial charge on any atom is -0.489 e. The number of fused-ring (bicyclic) bond motifs is 2. The minimum atomic E-state index is -1.41. The average molecular weight is 498 g/mol. The Morgan fingerprint density at radius 1 is 1.15 bits per heavy atom. The topological polar surface area (TPSA) is 84.7 Å². The number of ether oxygens (including phenoxy) is 1. The third-order valence-corrected chi connectivity index (χ3v) is 7.34. The Morgan fingerprint density at radius 2 is 1.88 bits per heavy atom. The molecule has 0 unspecified atom stereocenters. The Labute approximate surface area is 206 Å². The SMILES string of the molecule is CN1C[C@H](c2ccccc2OCc2ccc(Cl)cc2Cl)[C@@H]([N+](=O)[O-])[C@@]12C(=O)Nc1ccccc12. The van der Waals surface area contributed by atoms with Gasteiger partial charge in [-0.3, -0.25) is 19.8 Å². The van der Waals surface area contributed by atoms with Gasteiger partial charge in [0.25, 0.3) is 11.9 Å². The number of amides is 1.